The van der Waals surface area contributed by atoms with E-state index in [2.05, 4.69) is 37.3 Å². The molecule has 0 saturated carbocycles. The van der Waals surface area contributed by atoms with Gasteiger partial charge in [0.2, 0.25) is 0 Å². The average molecular weight is 277 g/mol. The topological polar surface area (TPSA) is 64.5 Å². The molecule has 2 aromatic rings. The Balaban J connectivity index is 2.16. The molecule has 0 aliphatic carbocycles. The Morgan fingerprint density at radius 2 is 2.38 bits per heavy atom. The molecule has 0 saturated heterocycles. The molecule has 0 bridgehead atoms. The van der Waals surface area contributed by atoms with Crippen LogP contribution in [0.1, 0.15) is 11.4 Å². The van der Waals surface area contributed by atoms with Crippen LogP contribution in [0.3, 0.4) is 0 Å². The van der Waals surface area contributed by atoms with Crippen molar-refractivity contribution >= 4 is 21.6 Å². The normalized spacial score (nSPS) is 9.75. The second-order valence-corrected chi connectivity index (χ2v) is 4.02. The highest BCUT2D eigenvalue weighted by molar-refractivity contribution is 9.10. The maximum atomic E-state index is 9.01. The zero-order valence-corrected chi connectivity index (χ0v) is 9.95. The maximum absolute atomic E-state index is 9.01. The van der Waals surface area contributed by atoms with E-state index < -0.39 is 0 Å². The summed E-state index contributed by atoms with van der Waals surface area (Å²) >= 11 is 3.34. The minimum absolute atomic E-state index is 0.568. The van der Waals surface area contributed by atoms with Crippen molar-refractivity contribution in [3.8, 4) is 6.07 Å². The van der Waals surface area contributed by atoms with Crippen LogP contribution in [0, 0.1) is 11.3 Å². The third kappa shape index (κ3) is 2.23. The van der Waals surface area contributed by atoms with Gasteiger partial charge in [-0.25, -0.2) is 4.98 Å². The molecular formula is C11H9BrN4. The van der Waals surface area contributed by atoms with Crippen LogP contribution in [-0.4, -0.2) is 9.97 Å². The first-order valence-electron chi connectivity index (χ1n) is 4.72. The molecule has 0 aliphatic heterocycles. The van der Waals surface area contributed by atoms with Crippen LogP contribution >= 0.6 is 15.9 Å². The van der Waals surface area contributed by atoms with Crippen molar-refractivity contribution in [2.45, 2.75) is 6.54 Å². The summed E-state index contributed by atoms with van der Waals surface area (Å²) in [5.41, 5.74) is 1.40. The van der Waals surface area contributed by atoms with E-state index in [1.54, 1.807) is 12.4 Å². The predicted molar refractivity (Wildman–Crippen MR) is 64.8 cm³/mol. The van der Waals surface area contributed by atoms with Crippen LogP contribution < -0.4 is 5.32 Å². The summed E-state index contributed by atoms with van der Waals surface area (Å²) in [6, 6.07) is 7.75. The number of halogens is 1. The monoisotopic (exact) mass is 276 g/mol. The van der Waals surface area contributed by atoms with Crippen molar-refractivity contribution in [3.05, 3.63) is 46.5 Å². The lowest BCUT2D eigenvalue weighted by atomic mass is 10.2. The first kappa shape index (κ1) is 10.7. The number of hydrogen-bond acceptors (Lipinski definition) is 3. The van der Waals surface area contributed by atoms with Gasteiger partial charge < -0.3 is 10.3 Å². The summed E-state index contributed by atoms with van der Waals surface area (Å²) in [5.74, 6) is 0.837. The molecule has 0 unspecified atom stereocenters. The Morgan fingerprint density at radius 3 is 3.06 bits per heavy atom. The minimum atomic E-state index is 0.568. The van der Waals surface area contributed by atoms with E-state index in [1.807, 2.05) is 18.2 Å². The van der Waals surface area contributed by atoms with Crippen LogP contribution in [0.25, 0.3) is 0 Å². The third-order valence-corrected chi connectivity index (χ3v) is 2.79. The summed E-state index contributed by atoms with van der Waals surface area (Å²) in [6.45, 7) is 0.568. The first-order valence-corrected chi connectivity index (χ1v) is 5.51. The number of hydrogen-bond donors (Lipinski definition) is 2. The van der Waals surface area contributed by atoms with Gasteiger partial charge in [0, 0.05) is 16.9 Å². The molecule has 80 valence electrons. The third-order valence-electron chi connectivity index (χ3n) is 2.13. The molecular weight excluding hydrogens is 268 g/mol. The van der Waals surface area contributed by atoms with Crippen LogP contribution in [0.15, 0.2) is 35.1 Å². The molecule has 2 rings (SSSR count). The van der Waals surface area contributed by atoms with Gasteiger partial charge in [-0.15, -0.1) is 0 Å². The van der Waals surface area contributed by atoms with Gasteiger partial charge in [0.1, 0.15) is 11.9 Å². The number of anilines is 1. The molecule has 1 heterocycles. The Morgan fingerprint density at radius 1 is 1.50 bits per heavy atom. The molecule has 0 spiro atoms. The first-order chi connectivity index (χ1) is 7.81. The van der Waals surface area contributed by atoms with E-state index in [0.717, 1.165) is 16.0 Å². The molecule has 0 aliphatic rings. The summed E-state index contributed by atoms with van der Waals surface area (Å²) in [7, 11) is 0. The summed E-state index contributed by atoms with van der Waals surface area (Å²) in [4.78, 5) is 7.09. The Kier molecular flexibility index (Phi) is 3.22. The van der Waals surface area contributed by atoms with Crippen molar-refractivity contribution in [1.29, 1.82) is 5.26 Å². The number of benzene rings is 1. The number of H-pyrrole nitrogens is 1. The lowest BCUT2D eigenvalue weighted by molar-refractivity contribution is 0.999. The van der Waals surface area contributed by atoms with E-state index in [4.69, 9.17) is 5.26 Å². The van der Waals surface area contributed by atoms with Gasteiger partial charge in [0.05, 0.1) is 17.8 Å². The Hall–Kier alpha value is -1.80. The lowest BCUT2D eigenvalue weighted by Crippen LogP contribution is -2.02. The number of nitriles is 1. The molecule has 0 radical (unpaired) electrons. The number of nitrogens with zero attached hydrogens (tertiary/aromatic N) is 2. The lowest BCUT2D eigenvalue weighted by Gasteiger charge is -2.07. The van der Waals surface area contributed by atoms with E-state index in [1.165, 1.54) is 0 Å². The molecule has 1 aromatic heterocycles. The smallest absolute Gasteiger partial charge is 0.125 e. The minimum Gasteiger partial charge on any atom is -0.377 e. The molecule has 5 heteroatoms. The molecule has 1 aromatic carbocycles. The van der Waals surface area contributed by atoms with Gasteiger partial charge in [-0.1, -0.05) is 6.07 Å². The van der Waals surface area contributed by atoms with E-state index in [9.17, 15) is 0 Å². The number of nitrogens with one attached hydrogen (secondary N) is 2. The Bertz CT molecular complexity index is 513. The highest BCUT2D eigenvalue weighted by Crippen LogP contribution is 2.23. The number of rotatable bonds is 3. The molecule has 2 N–H and O–H groups in total. The second kappa shape index (κ2) is 4.81. The van der Waals surface area contributed by atoms with Crippen molar-refractivity contribution in [1.82, 2.24) is 9.97 Å². The van der Waals surface area contributed by atoms with Crippen molar-refractivity contribution in [2.24, 2.45) is 0 Å². The molecule has 16 heavy (non-hydrogen) atoms. The zero-order valence-electron chi connectivity index (χ0n) is 8.37. The van der Waals surface area contributed by atoms with Gasteiger partial charge in [-0.05, 0) is 28.1 Å². The van der Waals surface area contributed by atoms with Crippen LogP contribution in [0.4, 0.5) is 5.69 Å². The SMILES string of the molecule is N#Cc1c(Br)cccc1NCc1ncc[nH]1. The fraction of sp³-hybridized carbons (Fsp3) is 0.0909. The van der Waals surface area contributed by atoms with Crippen molar-refractivity contribution < 1.29 is 0 Å². The predicted octanol–water partition coefficient (Wildman–Crippen LogP) is 2.66. The number of imidazole rings is 1. The van der Waals surface area contributed by atoms with Gasteiger partial charge in [0.15, 0.2) is 0 Å². The number of aromatic nitrogens is 2. The fourth-order valence-electron chi connectivity index (χ4n) is 1.36. The second-order valence-electron chi connectivity index (χ2n) is 3.16. The molecule has 4 nitrogen and oxygen atoms in total. The van der Waals surface area contributed by atoms with Gasteiger partial charge in [-0.3, -0.25) is 0 Å². The largest absolute Gasteiger partial charge is 0.377 e. The standard InChI is InChI=1S/C11H9BrN4/c12-9-2-1-3-10(8(9)6-13)16-7-11-14-4-5-15-11/h1-5,16H,7H2,(H,14,15). The van der Waals surface area contributed by atoms with E-state index in [0.29, 0.717) is 12.1 Å². The summed E-state index contributed by atoms with van der Waals surface area (Å²) in [5, 5.41) is 12.2. The zero-order chi connectivity index (χ0) is 11.4. The molecule has 0 atom stereocenters. The van der Waals surface area contributed by atoms with Gasteiger partial charge in [-0.2, -0.15) is 5.26 Å². The van der Waals surface area contributed by atoms with Gasteiger partial charge in [0.25, 0.3) is 0 Å². The number of aromatic amines is 1. The van der Waals surface area contributed by atoms with Crippen molar-refractivity contribution in [2.75, 3.05) is 5.32 Å². The van der Waals surface area contributed by atoms with Crippen LogP contribution in [-0.2, 0) is 6.54 Å². The molecule has 0 fully saturated rings. The van der Waals surface area contributed by atoms with Crippen LogP contribution in [0.2, 0.25) is 0 Å². The molecule has 0 amide bonds. The quantitative estimate of drug-likeness (QED) is 0.906. The highest BCUT2D eigenvalue weighted by atomic mass is 79.9. The van der Waals surface area contributed by atoms with Crippen molar-refractivity contribution in [3.63, 3.8) is 0 Å². The van der Waals surface area contributed by atoms with E-state index in [-0.39, 0.29) is 0 Å². The Labute approximate surface area is 101 Å². The summed E-state index contributed by atoms with van der Waals surface area (Å²) < 4.78 is 0.791. The van der Waals surface area contributed by atoms with E-state index >= 15 is 0 Å². The fourth-order valence-corrected chi connectivity index (χ4v) is 1.81. The van der Waals surface area contributed by atoms with Gasteiger partial charge >= 0.3 is 0 Å². The highest BCUT2D eigenvalue weighted by Gasteiger charge is 2.05. The maximum Gasteiger partial charge on any atom is 0.125 e. The van der Waals surface area contributed by atoms with Crippen LogP contribution in [0.5, 0.6) is 0 Å². The summed E-state index contributed by atoms with van der Waals surface area (Å²) in [6.07, 6.45) is 3.46. The average Bonchev–Trinajstić information content (AvgIpc) is 2.79.